The first kappa shape index (κ1) is 14.8. The quantitative estimate of drug-likeness (QED) is 0.869. The predicted octanol–water partition coefficient (Wildman–Crippen LogP) is 3.69. The zero-order valence-electron chi connectivity index (χ0n) is 12.2. The summed E-state index contributed by atoms with van der Waals surface area (Å²) in [5.74, 6) is -0.267. The molecule has 0 bridgehead atoms. The summed E-state index contributed by atoms with van der Waals surface area (Å²) in [6.45, 7) is 3.83. The van der Waals surface area contributed by atoms with Gasteiger partial charge >= 0.3 is 6.03 Å². The first-order chi connectivity index (χ1) is 9.47. The molecule has 1 fully saturated rings. The van der Waals surface area contributed by atoms with Crippen LogP contribution in [0.1, 0.15) is 51.5 Å². The smallest absolute Gasteiger partial charge is 0.315 e. The maximum Gasteiger partial charge on any atom is 0.315 e. The van der Waals surface area contributed by atoms with Crippen molar-refractivity contribution in [1.29, 1.82) is 0 Å². The van der Waals surface area contributed by atoms with Crippen LogP contribution in [0.3, 0.4) is 0 Å². The molecular formula is C16H23FN2O. The Morgan fingerprint density at radius 2 is 1.75 bits per heavy atom. The van der Waals surface area contributed by atoms with Gasteiger partial charge in [0.1, 0.15) is 5.82 Å². The number of urea groups is 1. The average molecular weight is 278 g/mol. The molecule has 0 aliphatic heterocycles. The van der Waals surface area contributed by atoms with Gasteiger partial charge in [-0.15, -0.1) is 0 Å². The van der Waals surface area contributed by atoms with Crippen LogP contribution in [-0.4, -0.2) is 12.1 Å². The number of carbonyl (C=O) groups is 1. The number of rotatable bonds is 3. The van der Waals surface area contributed by atoms with Crippen molar-refractivity contribution in [3.63, 3.8) is 0 Å². The highest BCUT2D eigenvalue weighted by molar-refractivity contribution is 5.75. The lowest BCUT2D eigenvalue weighted by molar-refractivity contribution is 0.222. The second-order valence-electron chi connectivity index (χ2n) is 6.07. The molecule has 20 heavy (non-hydrogen) atoms. The topological polar surface area (TPSA) is 41.1 Å². The fourth-order valence-corrected chi connectivity index (χ4v) is 2.69. The van der Waals surface area contributed by atoms with E-state index >= 15 is 0 Å². The molecule has 2 N–H and O–H groups in total. The van der Waals surface area contributed by atoms with Gasteiger partial charge in [-0.3, -0.25) is 0 Å². The van der Waals surface area contributed by atoms with Crippen LogP contribution in [0.4, 0.5) is 9.18 Å². The normalized spacial score (nSPS) is 16.8. The van der Waals surface area contributed by atoms with Crippen molar-refractivity contribution in [2.24, 2.45) is 0 Å². The monoisotopic (exact) mass is 278 g/mol. The molecule has 1 aliphatic rings. The van der Waals surface area contributed by atoms with Gasteiger partial charge in [0.05, 0.1) is 5.54 Å². The molecule has 2 amide bonds. The van der Waals surface area contributed by atoms with Crippen molar-refractivity contribution in [2.75, 3.05) is 0 Å². The third-order valence-corrected chi connectivity index (χ3v) is 3.93. The molecule has 0 saturated heterocycles. The summed E-state index contributed by atoms with van der Waals surface area (Å²) in [7, 11) is 0. The third kappa shape index (κ3) is 3.95. The van der Waals surface area contributed by atoms with Crippen LogP contribution in [0.5, 0.6) is 0 Å². The number of halogens is 1. The molecule has 1 aromatic rings. The van der Waals surface area contributed by atoms with Gasteiger partial charge in [0, 0.05) is 6.04 Å². The van der Waals surface area contributed by atoms with Crippen LogP contribution in [-0.2, 0) is 5.54 Å². The molecule has 0 unspecified atom stereocenters. The van der Waals surface area contributed by atoms with E-state index in [1.807, 2.05) is 13.8 Å². The third-order valence-electron chi connectivity index (χ3n) is 3.93. The molecule has 3 nitrogen and oxygen atoms in total. The molecule has 0 heterocycles. The molecule has 0 aromatic heterocycles. The largest absolute Gasteiger partial charge is 0.335 e. The van der Waals surface area contributed by atoms with Crippen LogP contribution in [0.25, 0.3) is 0 Å². The molecule has 4 heteroatoms. The molecule has 0 spiro atoms. The fraction of sp³-hybridized carbons (Fsp3) is 0.562. The second kappa shape index (κ2) is 6.25. The predicted molar refractivity (Wildman–Crippen MR) is 78.0 cm³/mol. The van der Waals surface area contributed by atoms with Gasteiger partial charge in [0.15, 0.2) is 0 Å². The Bertz CT molecular complexity index is 450. The summed E-state index contributed by atoms with van der Waals surface area (Å²) >= 11 is 0. The minimum absolute atomic E-state index is 0.147. The highest BCUT2D eigenvalue weighted by atomic mass is 19.1. The van der Waals surface area contributed by atoms with Crippen molar-refractivity contribution in [2.45, 2.75) is 57.5 Å². The van der Waals surface area contributed by atoms with Gasteiger partial charge in [-0.05, 0) is 44.4 Å². The van der Waals surface area contributed by atoms with Crippen molar-refractivity contribution in [1.82, 2.24) is 10.6 Å². The Morgan fingerprint density at radius 3 is 2.35 bits per heavy atom. The van der Waals surface area contributed by atoms with Crippen LogP contribution < -0.4 is 10.6 Å². The van der Waals surface area contributed by atoms with E-state index in [-0.39, 0.29) is 17.9 Å². The molecule has 110 valence electrons. The van der Waals surface area contributed by atoms with E-state index in [9.17, 15) is 9.18 Å². The zero-order chi connectivity index (χ0) is 14.6. The Hall–Kier alpha value is -1.58. The highest BCUT2D eigenvalue weighted by Gasteiger charge is 2.24. The van der Waals surface area contributed by atoms with Gasteiger partial charge < -0.3 is 10.6 Å². The molecule has 0 radical (unpaired) electrons. The Labute approximate surface area is 120 Å². The van der Waals surface area contributed by atoms with E-state index in [1.165, 1.54) is 31.4 Å². The Morgan fingerprint density at radius 1 is 1.15 bits per heavy atom. The van der Waals surface area contributed by atoms with Crippen LogP contribution >= 0.6 is 0 Å². The van der Waals surface area contributed by atoms with Crippen LogP contribution in [0.15, 0.2) is 24.3 Å². The summed E-state index contributed by atoms with van der Waals surface area (Å²) in [5.41, 5.74) is 0.365. The van der Waals surface area contributed by atoms with E-state index < -0.39 is 5.54 Å². The molecule has 1 saturated carbocycles. The number of hydrogen-bond donors (Lipinski definition) is 2. The molecule has 2 rings (SSSR count). The number of hydrogen-bond acceptors (Lipinski definition) is 1. The molecule has 0 atom stereocenters. The average Bonchev–Trinajstić information content (AvgIpc) is 2.39. The lowest BCUT2D eigenvalue weighted by Gasteiger charge is -2.29. The fourth-order valence-electron chi connectivity index (χ4n) is 2.69. The van der Waals surface area contributed by atoms with E-state index in [0.29, 0.717) is 0 Å². The van der Waals surface area contributed by atoms with Gasteiger partial charge in [-0.25, -0.2) is 9.18 Å². The second-order valence-corrected chi connectivity index (χ2v) is 6.07. The van der Waals surface area contributed by atoms with Gasteiger partial charge in [0.2, 0.25) is 0 Å². The van der Waals surface area contributed by atoms with Crippen molar-refractivity contribution >= 4 is 6.03 Å². The van der Waals surface area contributed by atoms with Gasteiger partial charge in [-0.2, -0.15) is 0 Å². The summed E-state index contributed by atoms with van der Waals surface area (Å²) in [5, 5.41) is 6.00. The van der Waals surface area contributed by atoms with Crippen molar-refractivity contribution < 1.29 is 9.18 Å². The summed E-state index contributed by atoms with van der Waals surface area (Å²) in [4.78, 5) is 12.1. The maximum absolute atomic E-state index is 12.9. The van der Waals surface area contributed by atoms with Gasteiger partial charge in [-0.1, -0.05) is 31.4 Å². The van der Waals surface area contributed by atoms with E-state index in [1.54, 1.807) is 12.1 Å². The molecular weight excluding hydrogens is 255 g/mol. The standard InChI is InChI=1S/C16H23FN2O/c1-16(2,12-8-10-13(17)11-9-12)19-15(20)18-14-6-4-3-5-7-14/h8-11,14H,3-7H2,1-2H3,(H2,18,19,20). The lowest BCUT2D eigenvalue weighted by Crippen LogP contribution is -2.49. The summed E-state index contributed by atoms with van der Waals surface area (Å²) in [6.07, 6.45) is 5.76. The van der Waals surface area contributed by atoms with E-state index in [2.05, 4.69) is 10.6 Å². The minimum Gasteiger partial charge on any atom is -0.335 e. The van der Waals surface area contributed by atoms with E-state index in [4.69, 9.17) is 0 Å². The number of nitrogens with one attached hydrogen (secondary N) is 2. The van der Waals surface area contributed by atoms with Crippen molar-refractivity contribution in [3.8, 4) is 0 Å². The lowest BCUT2D eigenvalue weighted by atomic mass is 9.94. The maximum atomic E-state index is 12.9. The minimum atomic E-state index is -0.521. The Balaban J connectivity index is 1.93. The molecule has 1 aliphatic carbocycles. The zero-order valence-corrected chi connectivity index (χ0v) is 12.2. The first-order valence-electron chi connectivity index (χ1n) is 7.32. The first-order valence-corrected chi connectivity index (χ1v) is 7.32. The number of amides is 2. The van der Waals surface area contributed by atoms with Gasteiger partial charge in [0.25, 0.3) is 0 Å². The molecule has 1 aromatic carbocycles. The summed E-state index contributed by atoms with van der Waals surface area (Å²) < 4.78 is 12.9. The number of carbonyl (C=O) groups excluding carboxylic acids is 1. The van der Waals surface area contributed by atoms with E-state index in [0.717, 1.165) is 18.4 Å². The summed E-state index contributed by atoms with van der Waals surface area (Å²) in [6, 6.07) is 6.38. The van der Waals surface area contributed by atoms with Crippen LogP contribution in [0.2, 0.25) is 0 Å². The Kier molecular flexibility index (Phi) is 4.63. The number of benzene rings is 1. The highest BCUT2D eigenvalue weighted by Crippen LogP contribution is 2.21. The van der Waals surface area contributed by atoms with Crippen molar-refractivity contribution in [3.05, 3.63) is 35.6 Å². The SMILES string of the molecule is CC(C)(NC(=O)NC1CCCCC1)c1ccc(F)cc1. The van der Waals surface area contributed by atoms with Crippen LogP contribution in [0, 0.1) is 5.82 Å².